The van der Waals surface area contributed by atoms with E-state index in [4.69, 9.17) is 4.74 Å². The predicted octanol–water partition coefficient (Wildman–Crippen LogP) is 0.399. The minimum atomic E-state index is -1.43. The number of carboxylic acids is 1. The Morgan fingerprint density at radius 1 is 0.943 bits per heavy atom. The number of rotatable bonds is 8. The fraction of sp³-hybridized carbons (Fsp3) is 0.154. The van der Waals surface area contributed by atoms with Gasteiger partial charge >= 0.3 is 29.6 Å². The summed E-state index contributed by atoms with van der Waals surface area (Å²) in [7, 11) is 5.38. The van der Waals surface area contributed by atoms with Crippen LogP contribution in [0.1, 0.15) is 21.5 Å². The van der Waals surface area contributed by atoms with Crippen molar-refractivity contribution in [2.24, 2.45) is 0 Å². The Hall–Kier alpha value is -3.04. The van der Waals surface area contributed by atoms with Crippen LogP contribution in [0, 0.1) is 0 Å². The molecule has 0 aliphatic carbocycles. The third kappa shape index (κ3) is 5.97. The van der Waals surface area contributed by atoms with Gasteiger partial charge in [0, 0.05) is 42.9 Å². The summed E-state index contributed by atoms with van der Waals surface area (Å²) in [6.45, 7) is 0. The topological polar surface area (TPSA) is 95.5 Å². The Morgan fingerprint density at radius 2 is 1.63 bits per heavy atom. The van der Waals surface area contributed by atoms with E-state index in [1.165, 1.54) is 7.11 Å². The molecule has 0 aliphatic rings. The van der Waals surface area contributed by atoms with Gasteiger partial charge in [0.25, 0.3) is 0 Å². The van der Waals surface area contributed by atoms with Crippen LogP contribution < -0.4 is 44.3 Å². The summed E-state index contributed by atoms with van der Waals surface area (Å²) in [5.74, 6) is -1.22. The molecule has 0 saturated heterocycles. The molecular weight excluding hydrogens is 473 g/mol. The number of nitrogens with zero attached hydrogens (tertiary/aromatic N) is 3. The summed E-state index contributed by atoms with van der Waals surface area (Å²) in [5.41, 5.74) is 3.64. The summed E-state index contributed by atoms with van der Waals surface area (Å²) in [6.07, 6.45) is 0.114. The Bertz CT molecular complexity index is 1400. The Labute approximate surface area is 229 Å². The molecule has 3 aromatic carbocycles. The van der Waals surface area contributed by atoms with Gasteiger partial charge in [0.2, 0.25) is 0 Å². The third-order valence-electron chi connectivity index (χ3n) is 5.48. The molecule has 4 rings (SSSR count). The van der Waals surface area contributed by atoms with Crippen LogP contribution in [0.2, 0.25) is 0 Å². The van der Waals surface area contributed by atoms with Gasteiger partial charge in [-0.1, -0.05) is 18.2 Å². The first-order valence-corrected chi connectivity index (χ1v) is 11.2. The van der Waals surface area contributed by atoms with Crippen molar-refractivity contribution >= 4 is 45.8 Å². The fourth-order valence-electron chi connectivity index (χ4n) is 3.70. The van der Waals surface area contributed by atoms with Crippen LogP contribution in [0.15, 0.2) is 72.3 Å². The number of Topliss-reactive ketones (excluding diaryl/α,β-unsaturated/α-hetero) is 1. The van der Waals surface area contributed by atoms with E-state index in [1.54, 1.807) is 42.5 Å². The van der Waals surface area contributed by atoms with Gasteiger partial charge in [-0.25, -0.2) is 0 Å². The number of aromatic nitrogens is 2. The van der Waals surface area contributed by atoms with Gasteiger partial charge in [-0.3, -0.25) is 4.79 Å². The number of methoxy groups -OCH3 is 1. The van der Waals surface area contributed by atoms with Crippen molar-refractivity contribution in [3.63, 3.8) is 0 Å². The molecule has 172 valence electrons. The van der Waals surface area contributed by atoms with E-state index in [2.05, 4.69) is 8.75 Å². The van der Waals surface area contributed by atoms with Crippen molar-refractivity contribution in [2.45, 2.75) is 6.42 Å². The molecule has 4 aromatic rings. The SMILES string of the molecule is COc1ccc(C(=O)C(Cc2cccc(N(C)C)c2)=C(C(=O)[O-])c2ccc3nsnc3c2)cc1.[Na+]. The summed E-state index contributed by atoms with van der Waals surface area (Å²) >= 11 is 1.04. The monoisotopic (exact) mass is 495 g/mol. The number of hydrogen-bond acceptors (Lipinski definition) is 8. The van der Waals surface area contributed by atoms with Crippen LogP contribution >= 0.6 is 11.7 Å². The zero-order valence-electron chi connectivity index (χ0n) is 19.9. The standard InChI is InChI=1S/C26H23N3O4S.Na/c1-29(2)19-6-4-5-16(13-19)14-21(25(30)17-7-10-20(33-3)11-8-17)24(26(31)32)18-9-12-22-23(15-18)28-34-27-22;/h4-13,15H,14H2,1-3H3,(H,31,32);/q;+1/p-1. The quantitative estimate of drug-likeness (QED) is 0.198. The van der Waals surface area contributed by atoms with Crippen LogP contribution in [0.4, 0.5) is 5.69 Å². The number of benzene rings is 3. The van der Waals surface area contributed by atoms with Crippen LogP contribution in [-0.4, -0.2) is 41.7 Å². The Balaban J connectivity index is 0.00000342. The molecule has 0 unspecified atom stereocenters. The number of anilines is 1. The molecule has 35 heavy (non-hydrogen) atoms. The molecule has 0 saturated carbocycles. The number of ketones is 1. The number of fused-ring (bicyclic) bond motifs is 1. The molecule has 0 atom stereocenters. The van der Waals surface area contributed by atoms with Gasteiger partial charge in [0.1, 0.15) is 16.8 Å². The summed E-state index contributed by atoms with van der Waals surface area (Å²) in [4.78, 5) is 28.1. The molecule has 7 nitrogen and oxygen atoms in total. The van der Waals surface area contributed by atoms with E-state index >= 15 is 0 Å². The number of allylic oxidation sites excluding steroid dienone is 1. The number of carboxylic acid groups (broad SMARTS) is 1. The largest absolute Gasteiger partial charge is 1.00 e. The number of ether oxygens (including phenoxy) is 1. The van der Waals surface area contributed by atoms with Gasteiger partial charge in [-0.15, -0.1) is 0 Å². The fourth-order valence-corrected chi connectivity index (χ4v) is 4.22. The van der Waals surface area contributed by atoms with Gasteiger partial charge < -0.3 is 19.5 Å². The Kier molecular flexibility index (Phi) is 8.80. The zero-order chi connectivity index (χ0) is 24.2. The van der Waals surface area contributed by atoms with Crippen molar-refractivity contribution < 1.29 is 49.0 Å². The normalized spacial score (nSPS) is 11.4. The maximum absolute atomic E-state index is 13.7. The first-order valence-electron chi connectivity index (χ1n) is 10.5. The van der Waals surface area contributed by atoms with E-state index < -0.39 is 11.8 Å². The molecule has 9 heteroatoms. The number of hydrogen-bond donors (Lipinski definition) is 0. The molecule has 0 spiro atoms. The third-order valence-corrected chi connectivity index (χ3v) is 6.04. The number of aliphatic carboxylic acids is 1. The number of carbonyl (C=O) groups excluding carboxylic acids is 2. The average Bonchev–Trinajstić information content (AvgIpc) is 3.31. The zero-order valence-corrected chi connectivity index (χ0v) is 22.8. The maximum Gasteiger partial charge on any atom is 1.00 e. The predicted molar refractivity (Wildman–Crippen MR) is 131 cm³/mol. The van der Waals surface area contributed by atoms with E-state index in [-0.39, 0.29) is 47.1 Å². The van der Waals surface area contributed by atoms with E-state index in [0.717, 1.165) is 23.0 Å². The minimum absolute atomic E-state index is 0. The van der Waals surface area contributed by atoms with Gasteiger partial charge in [0.15, 0.2) is 5.78 Å². The van der Waals surface area contributed by atoms with Crippen molar-refractivity contribution in [1.29, 1.82) is 0 Å². The average molecular weight is 496 g/mol. The summed E-state index contributed by atoms with van der Waals surface area (Å²) < 4.78 is 13.6. The molecule has 0 aliphatic heterocycles. The smallest absolute Gasteiger partial charge is 0.545 e. The second-order valence-electron chi connectivity index (χ2n) is 7.91. The van der Waals surface area contributed by atoms with Crippen LogP contribution in [0.5, 0.6) is 5.75 Å². The van der Waals surface area contributed by atoms with Crippen molar-refractivity contribution in [3.05, 3.63) is 89.0 Å². The van der Waals surface area contributed by atoms with Crippen molar-refractivity contribution in [3.8, 4) is 5.75 Å². The molecule has 0 N–H and O–H groups in total. The first-order chi connectivity index (χ1) is 16.4. The van der Waals surface area contributed by atoms with E-state index in [1.807, 2.05) is 43.3 Å². The molecule has 0 radical (unpaired) electrons. The molecule has 1 aromatic heterocycles. The van der Waals surface area contributed by atoms with Crippen molar-refractivity contribution in [1.82, 2.24) is 8.75 Å². The van der Waals surface area contributed by atoms with Crippen LogP contribution in [0.3, 0.4) is 0 Å². The van der Waals surface area contributed by atoms with Crippen LogP contribution in [-0.2, 0) is 11.2 Å². The number of carbonyl (C=O) groups is 2. The second-order valence-corrected chi connectivity index (χ2v) is 8.44. The molecule has 0 bridgehead atoms. The summed E-state index contributed by atoms with van der Waals surface area (Å²) in [6, 6.07) is 19.2. The Morgan fingerprint density at radius 3 is 2.29 bits per heavy atom. The van der Waals surface area contributed by atoms with Gasteiger partial charge in [-0.2, -0.15) is 8.75 Å². The molecular formula is C26H22N3NaO4S. The van der Waals surface area contributed by atoms with Gasteiger partial charge in [-0.05, 0) is 59.7 Å². The minimum Gasteiger partial charge on any atom is -0.545 e. The molecule has 0 amide bonds. The van der Waals surface area contributed by atoms with Crippen molar-refractivity contribution in [2.75, 3.05) is 26.1 Å². The van der Waals surface area contributed by atoms with Gasteiger partial charge in [0.05, 0.1) is 24.8 Å². The van der Waals surface area contributed by atoms with E-state index in [9.17, 15) is 14.7 Å². The summed E-state index contributed by atoms with van der Waals surface area (Å²) in [5, 5.41) is 12.4. The van der Waals surface area contributed by atoms with E-state index in [0.29, 0.717) is 27.9 Å². The second kappa shape index (κ2) is 11.6. The first kappa shape index (κ1) is 26.6. The van der Waals surface area contributed by atoms with Crippen LogP contribution in [0.25, 0.3) is 16.6 Å². The maximum atomic E-state index is 13.7. The molecule has 0 fully saturated rings. The molecule has 1 heterocycles.